The molecule has 3 rings (SSSR count). The standard InChI is InChI=1S/C20H25BrFN5O2/c1-2-24-14(9-10-23)19(28)27-17(16(11-3-4-11)12-5-6-12)20(29)26-15-8-7-13(21)18(22)25-15/h7-12,16-17,23-24H,2-6H2,1H3,(H,27,28)(H,25,26,29)/b14-9-,23-10?/t17-/m0/s1. The first kappa shape index (κ1) is 21.4. The highest BCUT2D eigenvalue weighted by Crippen LogP contribution is 2.50. The van der Waals surface area contributed by atoms with Crippen LogP contribution in [0.5, 0.6) is 0 Å². The van der Waals surface area contributed by atoms with Crippen molar-refractivity contribution in [1.82, 2.24) is 15.6 Å². The molecule has 1 aromatic rings. The van der Waals surface area contributed by atoms with Crippen LogP contribution in [-0.4, -0.2) is 35.6 Å². The van der Waals surface area contributed by atoms with Crippen LogP contribution in [0.15, 0.2) is 28.4 Å². The van der Waals surface area contributed by atoms with Gasteiger partial charge in [-0.15, -0.1) is 0 Å². The van der Waals surface area contributed by atoms with E-state index in [1.54, 1.807) is 0 Å². The zero-order valence-electron chi connectivity index (χ0n) is 16.2. The number of nitrogens with zero attached hydrogens (tertiary/aromatic N) is 1. The average Bonchev–Trinajstić information content (AvgIpc) is 3.58. The van der Waals surface area contributed by atoms with Crippen LogP contribution in [0.2, 0.25) is 0 Å². The summed E-state index contributed by atoms with van der Waals surface area (Å²) in [5.41, 5.74) is 0.235. The van der Waals surface area contributed by atoms with Crippen LogP contribution in [0.1, 0.15) is 32.6 Å². The molecule has 29 heavy (non-hydrogen) atoms. The van der Waals surface area contributed by atoms with Gasteiger partial charge < -0.3 is 21.4 Å². The van der Waals surface area contributed by atoms with Gasteiger partial charge in [-0.05, 0) is 84.5 Å². The number of carbonyl (C=O) groups excluding carboxylic acids is 2. The number of allylic oxidation sites excluding steroid dienone is 1. The van der Waals surface area contributed by atoms with Gasteiger partial charge in [-0.2, -0.15) is 4.39 Å². The summed E-state index contributed by atoms with van der Waals surface area (Å²) in [6.07, 6.45) is 6.57. The fourth-order valence-electron chi connectivity index (χ4n) is 3.63. The van der Waals surface area contributed by atoms with Crippen LogP contribution in [-0.2, 0) is 9.59 Å². The van der Waals surface area contributed by atoms with E-state index in [0.717, 1.165) is 31.9 Å². The summed E-state index contributed by atoms with van der Waals surface area (Å²) < 4.78 is 13.9. The highest BCUT2D eigenvalue weighted by atomic mass is 79.9. The minimum Gasteiger partial charge on any atom is -0.381 e. The monoisotopic (exact) mass is 465 g/mol. The van der Waals surface area contributed by atoms with Crippen LogP contribution in [0, 0.1) is 29.1 Å². The molecular formula is C20H25BrFN5O2. The number of nitrogens with one attached hydrogen (secondary N) is 4. The second-order valence-electron chi connectivity index (χ2n) is 7.44. The molecule has 0 bridgehead atoms. The number of pyridine rings is 1. The number of anilines is 1. The average molecular weight is 466 g/mol. The number of amides is 2. The number of hydrogen-bond donors (Lipinski definition) is 4. The molecule has 1 heterocycles. The Kier molecular flexibility index (Phi) is 7.00. The van der Waals surface area contributed by atoms with E-state index in [0.29, 0.717) is 18.4 Å². The second-order valence-corrected chi connectivity index (χ2v) is 8.29. The van der Waals surface area contributed by atoms with Crippen molar-refractivity contribution in [3.8, 4) is 0 Å². The maximum absolute atomic E-state index is 13.7. The van der Waals surface area contributed by atoms with Crippen LogP contribution in [0.4, 0.5) is 10.2 Å². The third kappa shape index (κ3) is 5.62. The minimum absolute atomic E-state index is 0.0436. The topological polar surface area (TPSA) is 107 Å². The van der Waals surface area contributed by atoms with E-state index in [-0.39, 0.29) is 21.9 Å². The molecule has 2 saturated carbocycles. The van der Waals surface area contributed by atoms with E-state index >= 15 is 0 Å². The molecule has 1 atom stereocenters. The van der Waals surface area contributed by atoms with Crippen LogP contribution >= 0.6 is 15.9 Å². The summed E-state index contributed by atoms with van der Waals surface area (Å²) in [5.74, 6) is -0.597. The molecule has 0 aliphatic heterocycles. The van der Waals surface area contributed by atoms with E-state index in [4.69, 9.17) is 5.41 Å². The predicted octanol–water partition coefficient (Wildman–Crippen LogP) is 2.99. The quantitative estimate of drug-likeness (QED) is 0.242. The molecule has 9 heteroatoms. The van der Waals surface area contributed by atoms with Gasteiger partial charge in [0.05, 0.1) is 4.47 Å². The molecular weight excluding hydrogens is 441 g/mol. The Balaban J connectivity index is 1.81. The van der Waals surface area contributed by atoms with E-state index in [2.05, 4.69) is 36.9 Å². The van der Waals surface area contributed by atoms with Gasteiger partial charge in [0, 0.05) is 12.8 Å². The molecule has 2 aliphatic carbocycles. The molecule has 4 N–H and O–H groups in total. The summed E-state index contributed by atoms with van der Waals surface area (Å²) in [5, 5.41) is 15.7. The Labute approximate surface area is 177 Å². The van der Waals surface area contributed by atoms with Gasteiger partial charge in [0.1, 0.15) is 17.6 Å². The normalized spacial score (nSPS) is 17.6. The Morgan fingerprint density at radius 3 is 2.48 bits per heavy atom. The van der Waals surface area contributed by atoms with Gasteiger partial charge in [-0.3, -0.25) is 9.59 Å². The van der Waals surface area contributed by atoms with Gasteiger partial charge >= 0.3 is 0 Å². The Morgan fingerprint density at radius 2 is 1.97 bits per heavy atom. The summed E-state index contributed by atoms with van der Waals surface area (Å²) in [7, 11) is 0. The fraction of sp³-hybridized carbons (Fsp3) is 0.500. The summed E-state index contributed by atoms with van der Waals surface area (Å²) >= 11 is 3.04. The van der Waals surface area contributed by atoms with E-state index < -0.39 is 23.8 Å². The molecule has 7 nitrogen and oxygen atoms in total. The molecule has 2 fully saturated rings. The van der Waals surface area contributed by atoms with Crippen LogP contribution in [0.3, 0.4) is 0 Å². The molecule has 2 amide bonds. The van der Waals surface area contributed by atoms with Crippen molar-refractivity contribution in [3.63, 3.8) is 0 Å². The minimum atomic E-state index is -0.746. The lowest BCUT2D eigenvalue weighted by Gasteiger charge is -2.28. The molecule has 156 valence electrons. The number of halogens is 2. The maximum atomic E-state index is 13.7. The van der Waals surface area contributed by atoms with Gasteiger partial charge in [-0.1, -0.05) is 0 Å². The van der Waals surface area contributed by atoms with E-state index in [1.807, 2.05) is 6.92 Å². The molecule has 0 radical (unpaired) electrons. The first-order chi connectivity index (χ1) is 13.9. The van der Waals surface area contributed by atoms with Crippen molar-refractivity contribution in [2.75, 3.05) is 11.9 Å². The SMILES string of the molecule is CCN/C(=C\C=N)C(=O)N[C@H](C(=O)Nc1ccc(Br)c(F)n1)C(C1CC1)C1CC1. The number of likely N-dealkylation sites (N-methyl/N-ethyl adjacent to an activating group) is 1. The van der Waals surface area contributed by atoms with Crippen molar-refractivity contribution >= 4 is 39.8 Å². The van der Waals surface area contributed by atoms with Crippen molar-refractivity contribution in [2.24, 2.45) is 17.8 Å². The maximum Gasteiger partial charge on any atom is 0.268 e. The zero-order valence-corrected chi connectivity index (χ0v) is 17.8. The smallest absolute Gasteiger partial charge is 0.268 e. The predicted molar refractivity (Wildman–Crippen MR) is 112 cm³/mol. The lowest BCUT2D eigenvalue weighted by Crippen LogP contribution is -2.51. The van der Waals surface area contributed by atoms with E-state index in [1.165, 1.54) is 18.2 Å². The van der Waals surface area contributed by atoms with Gasteiger partial charge in [0.15, 0.2) is 0 Å². The fourth-order valence-corrected chi connectivity index (χ4v) is 3.85. The number of carbonyl (C=O) groups is 2. The van der Waals surface area contributed by atoms with Crippen LogP contribution in [0.25, 0.3) is 0 Å². The first-order valence-corrected chi connectivity index (χ1v) is 10.6. The molecule has 1 aromatic heterocycles. The Hall–Kier alpha value is -2.29. The molecule has 0 aromatic carbocycles. The Morgan fingerprint density at radius 1 is 1.31 bits per heavy atom. The van der Waals surface area contributed by atoms with Crippen molar-refractivity contribution in [3.05, 3.63) is 34.3 Å². The lowest BCUT2D eigenvalue weighted by atomic mass is 9.88. The van der Waals surface area contributed by atoms with Crippen LogP contribution < -0.4 is 16.0 Å². The molecule has 0 spiro atoms. The number of rotatable bonds is 10. The van der Waals surface area contributed by atoms with Crippen molar-refractivity contribution in [2.45, 2.75) is 38.6 Å². The second kappa shape index (κ2) is 9.47. The number of hydrogen-bond acceptors (Lipinski definition) is 5. The summed E-state index contributed by atoms with van der Waals surface area (Å²) in [6.45, 7) is 2.36. The lowest BCUT2D eigenvalue weighted by molar-refractivity contribution is -0.126. The highest BCUT2D eigenvalue weighted by Gasteiger charge is 2.48. The van der Waals surface area contributed by atoms with Crippen molar-refractivity contribution in [1.29, 1.82) is 5.41 Å². The first-order valence-electron chi connectivity index (χ1n) is 9.83. The zero-order chi connectivity index (χ0) is 21.0. The third-order valence-corrected chi connectivity index (χ3v) is 5.79. The Bertz CT molecular complexity index is 811. The largest absolute Gasteiger partial charge is 0.381 e. The van der Waals surface area contributed by atoms with Gasteiger partial charge in [0.2, 0.25) is 11.9 Å². The molecule has 0 unspecified atom stereocenters. The molecule has 0 saturated heterocycles. The third-order valence-electron chi connectivity index (χ3n) is 5.20. The van der Waals surface area contributed by atoms with Gasteiger partial charge in [0.25, 0.3) is 5.91 Å². The number of aromatic nitrogens is 1. The molecule has 2 aliphatic rings. The van der Waals surface area contributed by atoms with Crippen molar-refractivity contribution < 1.29 is 14.0 Å². The summed E-state index contributed by atoms with van der Waals surface area (Å²) in [4.78, 5) is 29.6. The highest BCUT2D eigenvalue weighted by molar-refractivity contribution is 9.10. The van der Waals surface area contributed by atoms with Gasteiger partial charge in [-0.25, -0.2) is 4.98 Å². The van der Waals surface area contributed by atoms with E-state index in [9.17, 15) is 14.0 Å². The summed E-state index contributed by atoms with van der Waals surface area (Å²) in [6, 6.07) is 2.23.